The number of hydrogen-bond acceptors (Lipinski definition) is 5. The molecule has 0 saturated carbocycles. The molecule has 1 aromatic rings. The highest BCUT2D eigenvalue weighted by Crippen LogP contribution is 2.43. The van der Waals surface area contributed by atoms with Crippen molar-refractivity contribution >= 4 is 22.2 Å². The fraction of sp³-hybridized carbons (Fsp3) is 0.462. The third kappa shape index (κ3) is 2.75. The van der Waals surface area contributed by atoms with E-state index >= 15 is 0 Å². The summed E-state index contributed by atoms with van der Waals surface area (Å²) < 4.78 is 17.2. The molecule has 1 N–H and O–H groups in total. The quantitative estimate of drug-likeness (QED) is 0.855. The number of ether oxygens (including phenoxy) is 3. The van der Waals surface area contributed by atoms with Crippen molar-refractivity contribution in [1.82, 2.24) is 5.32 Å². The lowest BCUT2D eigenvalue weighted by Crippen LogP contribution is -2.33. The number of carbonyl (C=O) groups excluding carboxylic acids is 1. The van der Waals surface area contributed by atoms with Gasteiger partial charge in [-0.3, -0.25) is 4.79 Å². The Bertz CT molecular complexity index is 472. The van der Waals surface area contributed by atoms with Crippen LogP contribution in [0.5, 0.6) is 11.5 Å². The van der Waals surface area contributed by atoms with E-state index in [0.29, 0.717) is 30.2 Å². The van der Waals surface area contributed by atoms with E-state index in [2.05, 4.69) is 21.2 Å². The average Bonchev–Trinajstić information content (AvgIpc) is 2.46. The Morgan fingerprint density at radius 3 is 2.68 bits per heavy atom. The molecule has 1 unspecified atom stereocenters. The molecule has 0 aromatic heterocycles. The maximum Gasteiger partial charge on any atom is 0.171 e. The van der Waals surface area contributed by atoms with E-state index in [0.717, 1.165) is 22.9 Å². The van der Waals surface area contributed by atoms with E-state index in [1.165, 1.54) is 7.11 Å². The number of carbonyl (C=O) groups is 1. The van der Waals surface area contributed by atoms with E-state index in [1.54, 1.807) is 13.2 Å². The molecule has 1 aliphatic heterocycles. The van der Waals surface area contributed by atoms with Crippen molar-refractivity contribution in [3.8, 4) is 11.5 Å². The predicted octanol–water partition coefficient (Wildman–Crippen LogP) is 1.94. The largest absolute Gasteiger partial charge is 0.492 e. The highest BCUT2D eigenvalue weighted by Gasteiger charge is 2.26. The van der Waals surface area contributed by atoms with Crippen molar-refractivity contribution in [1.29, 1.82) is 0 Å². The van der Waals surface area contributed by atoms with Crippen LogP contribution in [-0.4, -0.2) is 40.2 Å². The number of methoxy groups -OCH3 is 2. The summed E-state index contributed by atoms with van der Waals surface area (Å²) in [5, 5.41) is 3.27. The maximum atomic E-state index is 11.1. The lowest BCUT2D eigenvalue weighted by molar-refractivity contribution is 0.0256. The molecule has 1 saturated heterocycles. The smallest absolute Gasteiger partial charge is 0.171 e. The van der Waals surface area contributed by atoms with E-state index in [-0.39, 0.29) is 6.10 Å². The van der Waals surface area contributed by atoms with Crippen LogP contribution in [0.2, 0.25) is 0 Å². The number of benzene rings is 1. The second-order valence-corrected chi connectivity index (χ2v) is 4.96. The number of halogens is 1. The summed E-state index contributed by atoms with van der Waals surface area (Å²) >= 11 is 3.48. The number of morpholine rings is 1. The van der Waals surface area contributed by atoms with Crippen molar-refractivity contribution in [2.24, 2.45) is 0 Å². The molecule has 5 nitrogen and oxygen atoms in total. The molecule has 1 aliphatic rings. The number of nitrogens with one attached hydrogen (secondary N) is 1. The van der Waals surface area contributed by atoms with Crippen LogP contribution in [0, 0.1) is 0 Å². The molecule has 2 rings (SSSR count). The minimum atomic E-state index is -0.132. The van der Waals surface area contributed by atoms with E-state index in [4.69, 9.17) is 14.2 Å². The molecule has 104 valence electrons. The van der Waals surface area contributed by atoms with Gasteiger partial charge in [0.25, 0.3) is 0 Å². The zero-order chi connectivity index (χ0) is 13.8. The van der Waals surface area contributed by atoms with Crippen molar-refractivity contribution in [3.63, 3.8) is 0 Å². The van der Waals surface area contributed by atoms with Gasteiger partial charge in [0, 0.05) is 23.1 Å². The van der Waals surface area contributed by atoms with Crippen molar-refractivity contribution in [3.05, 3.63) is 21.7 Å². The van der Waals surface area contributed by atoms with Crippen LogP contribution in [-0.2, 0) is 4.74 Å². The highest BCUT2D eigenvalue weighted by atomic mass is 79.9. The SMILES string of the molecule is COc1c(C=O)cc(Br)c(C2CNCCO2)c1OC. The van der Waals surface area contributed by atoms with Crippen LogP contribution >= 0.6 is 15.9 Å². The number of rotatable bonds is 4. The first kappa shape index (κ1) is 14.3. The van der Waals surface area contributed by atoms with Crippen LogP contribution < -0.4 is 14.8 Å². The average molecular weight is 330 g/mol. The van der Waals surface area contributed by atoms with Crippen LogP contribution in [0.1, 0.15) is 22.0 Å². The fourth-order valence-corrected chi connectivity index (χ4v) is 2.88. The summed E-state index contributed by atoms with van der Waals surface area (Å²) in [7, 11) is 3.07. The molecule has 1 aromatic carbocycles. The summed E-state index contributed by atoms with van der Waals surface area (Å²) in [6, 6.07) is 1.72. The van der Waals surface area contributed by atoms with Gasteiger partial charge in [0.1, 0.15) is 0 Å². The fourth-order valence-electron chi connectivity index (χ4n) is 2.19. The van der Waals surface area contributed by atoms with Crippen LogP contribution in [0.25, 0.3) is 0 Å². The summed E-state index contributed by atoms with van der Waals surface area (Å²) in [5.41, 5.74) is 1.30. The second-order valence-electron chi connectivity index (χ2n) is 4.11. The van der Waals surface area contributed by atoms with Gasteiger partial charge in [0.2, 0.25) is 0 Å². The molecule has 19 heavy (non-hydrogen) atoms. The Kier molecular flexibility index (Phi) is 4.79. The zero-order valence-electron chi connectivity index (χ0n) is 10.9. The van der Waals surface area contributed by atoms with E-state index in [9.17, 15) is 4.79 Å². The first-order valence-electron chi connectivity index (χ1n) is 5.94. The van der Waals surface area contributed by atoms with Crippen molar-refractivity contribution in [2.45, 2.75) is 6.10 Å². The van der Waals surface area contributed by atoms with Gasteiger partial charge in [-0.15, -0.1) is 0 Å². The molecule has 0 aliphatic carbocycles. The summed E-state index contributed by atoms with van der Waals surface area (Å²) in [6.07, 6.45) is 0.614. The van der Waals surface area contributed by atoms with Crippen molar-refractivity contribution < 1.29 is 19.0 Å². The van der Waals surface area contributed by atoms with Gasteiger partial charge < -0.3 is 19.5 Å². The van der Waals surface area contributed by atoms with Crippen LogP contribution in [0.4, 0.5) is 0 Å². The molecule has 1 atom stereocenters. The molecular weight excluding hydrogens is 314 g/mol. The molecular formula is C13H16BrNO4. The molecule has 0 amide bonds. The van der Waals surface area contributed by atoms with Gasteiger partial charge in [0.05, 0.1) is 32.5 Å². The van der Waals surface area contributed by atoms with Gasteiger partial charge in [-0.25, -0.2) is 0 Å². The third-order valence-electron chi connectivity index (χ3n) is 3.04. The highest BCUT2D eigenvalue weighted by molar-refractivity contribution is 9.10. The first-order chi connectivity index (χ1) is 9.22. The van der Waals surface area contributed by atoms with Crippen LogP contribution in [0.15, 0.2) is 10.5 Å². The van der Waals surface area contributed by atoms with Gasteiger partial charge in [-0.2, -0.15) is 0 Å². The Hall–Kier alpha value is -1.11. The minimum Gasteiger partial charge on any atom is -0.492 e. The van der Waals surface area contributed by atoms with E-state index in [1.807, 2.05) is 0 Å². The topological polar surface area (TPSA) is 56.8 Å². The zero-order valence-corrected chi connectivity index (χ0v) is 12.5. The Morgan fingerprint density at radius 1 is 1.42 bits per heavy atom. The normalized spacial score (nSPS) is 19.0. The first-order valence-corrected chi connectivity index (χ1v) is 6.74. The summed E-state index contributed by atoms with van der Waals surface area (Å²) in [6.45, 7) is 2.16. The molecule has 0 radical (unpaired) electrons. The molecule has 0 bridgehead atoms. The Labute approximate surface area is 120 Å². The predicted molar refractivity (Wildman–Crippen MR) is 74.2 cm³/mol. The molecule has 1 fully saturated rings. The number of aldehydes is 1. The molecule has 0 spiro atoms. The Morgan fingerprint density at radius 2 is 2.16 bits per heavy atom. The third-order valence-corrected chi connectivity index (χ3v) is 3.69. The van der Waals surface area contributed by atoms with Crippen LogP contribution in [0.3, 0.4) is 0 Å². The minimum absolute atomic E-state index is 0.132. The lowest BCUT2D eigenvalue weighted by atomic mass is 10.0. The van der Waals surface area contributed by atoms with E-state index < -0.39 is 0 Å². The molecule has 6 heteroatoms. The monoisotopic (exact) mass is 329 g/mol. The van der Waals surface area contributed by atoms with Gasteiger partial charge in [-0.1, -0.05) is 15.9 Å². The number of hydrogen-bond donors (Lipinski definition) is 1. The summed E-state index contributed by atoms with van der Waals surface area (Å²) in [5.74, 6) is 0.970. The Balaban J connectivity index is 2.54. The van der Waals surface area contributed by atoms with Gasteiger partial charge in [-0.05, 0) is 6.07 Å². The van der Waals surface area contributed by atoms with Gasteiger partial charge in [0.15, 0.2) is 17.8 Å². The van der Waals surface area contributed by atoms with Gasteiger partial charge >= 0.3 is 0 Å². The maximum absolute atomic E-state index is 11.1. The van der Waals surface area contributed by atoms with Crippen molar-refractivity contribution in [2.75, 3.05) is 33.9 Å². The standard InChI is InChI=1S/C13H16BrNO4/c1-17-12-8(7-16)5-9(14)11(13(12)18-2)10-6-15-3-4-19-10/h5,7,10,15H,3-4,6H2,1-2H3. The second kappa shape index (κ2) is 6.36. The lowest BCUT2D eigenvalue weighted by Gasteiger charge is -2.27. The molecule has 1 heterocycles. The summed E-state index contributed by atoms with van der Waals surface area (Å²) in [4.78, 5) is 11.1.